The van der Waals surface area contributed by atoms with E-state index in [0.717, 1.165) is 25.0 Å². The second-order valence-corrected chi connectivity index (χ2v) is 8.61. The maximum Gasteiger partial charge on any atom is 0.0708 e. The van der Waals surface area contributed by atoms with Crippen LogP contribution < -0.4 is 5.48 Å². The third-order valence-electron chi connectivity index (χ3n) is 4.57. The van der Waals surface area contributed by atoms with Gasteiger partial charge in [0, 0.05) is 20.4 Å². The third-order valence-corrected chi connectivity index (χ3v) is 6.92. The molecule has 0 aromatic heterocycles. The molecule has 2 saturated heterocycles. The number of allylic oxidation sites excluding steroid dienone is 1. The van der Waals surface area contributed by atoms with Crippen molar-refractivity contribution in [3.8, 4) is 0 Å². The van der Waals surface area contributed by atoms with E-state index in [2.05, 4.69) is 59.3 Å². The average Bonchev–Trinajstić information content (AvgIpc) is 2.81. The summed E-state index contributed by atoms with van der Waals surface area (Å²) >= 11 is 4.28. The van der Waals surface area contributed by atoms with Gasteiger partial charge in [-0.2, -0.15) is 0 Å². The SMILES string of the molecule is CCC(NOC)=C1[C@H]2SC(CC2O)C[C@@H]1c1ccc(I)cc1. The maximum atomic E-state index is 10.5. The number of thioether (sulfide) groups is 1. The molecule has 3 nitrogen and oxygen atoms in total. The van der Waals surface area contributed by atoms with Crippen molar-refractivity contribution in [1.29, 1.82) is 0 Å². The molecule has 1 aromatic carbocycles. The van der Waals surface area contributed by atoms with Crippen LogP contribution in [0.1, 0.15) is 37.7 Å². The molecule has 2 aliphatic heterocycles. The third kappa shape index (κ3) is 3.18. The van der Waals surface area contributed by atoms with Gasteiger partial charge in [-0.3, -0.25) is 10.3 Å². The summed E-state index contributed by atoms with van der Waals surface area (Å²) in [7, 11) is 1.65. The molecule has 2 heterocycles. The average molecular weight is 431 g/mol. The molecular formula is C17H22INO2S. The lowest BCUT2D eigenvalue weighted by Crippen LogP contribution is -2.29. The summed E-state index contributed by atoms with van der Waals surface area (Å²) in [6.45, 7) is 2.14. The fraction of sp³-hybridized carbons (Fsp3) is 0.529. The molecule has 0 radical (unpaired) electrons. The highest BCUT2D eigenvalue weighted by Crippen LogP contribution is 2.53. The first-order valence-corrected chi connectivity index (χ1v) is 9.77. The van der Waals surface area contributed by atoms with Gasteiger partial charge in [0.2, 0.25) is 0 Å². The zero-order valence-electron chi connectivity index (χ0n) is 12.9. The number of rotatable bonds is 4. The summed E-state index contributed by atoms with van der Waals surface area (Å²) in [4.78, 5) is 5.19. The predicted molar refractivity (Wildman–Crippen MR) is 99.8 cm³/mol. The number of fused-ring (bicyclic) bond motifs is 2. The van der Waals surface area contributed by atoms with Crippen LogP contribution in [0.4, 0.5) is 0 Å². The van der Waals surface area contributed by atoms with Gasteiger partial charge in [0.1, 0.15) is 0 Å². The molecule has 0 saturated carbocycles. The molecule has 2 aliphatic rings. The topological polar surface area (TPSA) is 41.5 Å². The minimum absolute atomic E-state index is 0.195. The van der Waals surface area contributed by atoms with Crippen molar-refractivity contribution in [1.82, 2.24) is 5.48 Å². The minimum Gasteiger partial charge on any atom is -0.392 e. The van der Waals surface area contributed by atoms with Crippen LogP contribution in [0.3, 0.4) is 0 Å². The van der Waals surface area contributed by atoms with Crippen molar-refractivity contribution in [2.24, 2.45) is 0 Å². The molecule has 2 unspecified atom stereocenters. The molecule has 0 amide bonds. The highest BCUT2D eigenvalue weighted by atomic mass is 127. The Morgan fingerprint density at radius 2 is 2.09 bits per heavy atom. The number of aliphatic hydroxyl groups is 1. The van der Waals surface area contributed by atoms with Gasteiger partial charge in [-0.15, -0.1) is 11.8 Å². The van der Waals surface area contributed by atoms with Gasteiger partial charge < -0.3 is 5.11 Å². The van der Waals surface area contributed by atoms with Gasteiger partial charge in [-0.25, -0.2) is 0 Å². The van der Waals surface area contributed by atoms with Crippen LogP contribution in [0.5, 0.6) is 0 Å². The van der Waals surface area contributed by atoms with E-state index in [1.165, 1.54) is 14.7 Å². The van der Waals surface area contributed by atoms with Crippen LogP contribution in [-0.2, 0) is 4.84 Å². The number of aliphatic hydroxyl groups excluding tert-OH is 1. The van der Waals surface area contributed by atoms with Crippen molar-refractivity contribution in [2.75, 3.05) is 7.11 Å². The van der Waals surface area contributed by atoms with Crippen molar-refractivity contribution >= 4 is 34.4 Å². The van der Waals surface area contributed by atoms with Crippen LogP contribution in [-0.4, -0.2) is 28.8 Å². The van der Waals surface area contributed by atoms with E-state index in [1.54, 1.807) is 7.11 Å². The summed E-state index contributed by atoms with van der Waals surface area (Å²) in [6, 6.07) is 8.80. The zero-order chi connectivity index (χ0) is 15.7. The van der Waals surface area contributed by atoms with Gasteiger partial charge in [0.25, 0.3) is 0 Å². The second-order valence-electron chi connectivity index (χ2n) is 5.92. The summed E-state index contributed by atoms with van der Waals surface area (Å²) < 4.78 is 1.26. The molecule has 0 aliphatic carbocycles. The van der Waals surface area contributed by atoms with E-state index >= 15 is 0 Å². The van der Waals surface area contributed by atoms with Crippen LogP contribution in [0, 0.1) is 3.57 Å². The number of benzene rings is 1. The normalized spacial score (nSPS) is 32.9. The first kappa shape index (κ1) is 16.6. The number of nitrogens with one attached hydrogen (secondary N) is 1. The van der Waals surface area contributed by atoms with E-state index in [9.17, 15) is 5.11 Å². The summed E-state index contributed by atoms with van der Waals surface area (Å²) in [5.41, 5.74) is 6.88. The van der Waals surface area contributed by atoms with Gasteiger partial charge in [-0.05, 0) is 65.1 Å². The van der Waals surface area contributed by atoms with Gasteiger partial charge in [-0.1, -0.05) is 19.1 Å². The number of halogens is 1. The first-order valence-electron chi connectivity index (χ1n) is 7.75. The Morgan fingerprint density at radius 1 is 1.36 bits per heavy atom. The summed E-state index contributed by atoms with van der Waals surface area (Å²) in [5, 5.41) is 11.2. The number of hydrogen-bond acceptors (Lipinski definition) is 4. The van der Waals surface area contributed by atoms with Gasteiger partial charge >= 0.3 is 0 Å². The molecule has 2 N–H and O–H groups in total. The maximum absolute atomic E-state index is 10.5. The van der Waals surface area contributed by atoms with E-state index in [-0.39, 0.29) is 11.4 Å². The zero-order valence-corrected chi connectivity index (χ0v) is 15.9. The highest BCUT2D eigenvalue weighted by Gasteiger charge is 2.45. The van der Waals surface area contributed by atoms with E-state index in [0.29, 0.717) is 11.2 Å². The summed E-state index contributed by atoms with van der Waals surface area (Å²) in [5.74, 6) is 0.378. The number of hydroxylamine groups is 1. The molecule has 2 bridgehead atoms. The van der Waals surface area contributed by atoms with Crippen LogP contribution in [0.2, 0.25) is 0 Å². The lowest BCUT2D eigenvalue weighted by Gasteiger charge is -2.34. The molecule has 120 valence electrons. The monoisotopic (exact) mass is 431 g/mol. The summed E-state index contributed by atoms with van der Waals surface area (Å²) in [6.07, 6.45) is 2.66. The van der Waals surface area contributed by atoms with Crippen molar-refractivity contribution < 1.29 is 9.94 Å². The minimum atomic E-state index is -0.237. The Hall–Kier alpha value is -0.240. The standard InChI is InChI=1S/C17H22INO2S/c1-3-14(19-21-2)16-13(10-4-6-11(18)7-5-10)8-12-9-15(20)17(16)22-12/h4-7,12-13,15,17,19-20H,3,8-9H2,1-2H3/t12?,13-,15?,17+/m1/s1. The van der Waals surface area contributed by atoms with Crippen molar-refractivity contribution in [3.05, 3.63) is 44.7 Å². The first-order chi connectivity index (χ1) is 10.6. The van der Waals surface area contributed by atoms with Crippen LogP contribution in [0.25, 0.3) is 0 Å². The van der Waals surface area contributed by atoms with E-state index in [4.69, 9.17) is 4.84 Å². The van der Waals surface area contributed by atoms with E-state index < -0.39 is 0 Å². The molecule has 5 heteroatoms. The lowest BCUT2D eigenvalue weighted by molar-refractivity contribution is 0.113. The van der Waals surface area contributed by atoms with Gasteiger partial charge in [0.15, 0.2) is 0 Å². The Morgan fingerprint density at radius 3 is 2.73 bits per heavy atom. The quantitative estimate of drug-likeness (QED) is 0.562. The Kier molecular flexibility index (Phi) is 5.37. The highest BCUT2D eigenvalue weighted by molar-refractivity contribution is 14.1. The molecule has 4 atom stereocenters. The molecule has 1 aromatic rings. The Labute approximate surface area is 150 Å². The lowest BCUT2D eigenvalue weighted by atomic mass is 9.84. The molecule has 0 spiro atoms. The van der Waals surface area contributed by atoms with Gasteiger partial charge in [0.05, 0.1) is 18.5 Å². The van der Waals surface area contributed by atoms with Crippen molar-refractivity contribution in [3.63, 3.8) is 0 Å². The van der Waals surface area contributed by atoms with E-state index in [1.807, 2.05) is 11.8 Å². The smallest absolute Gasteiger partial charge is 0.0708 e. The second kappa shape index (κ2) is 7.11. The number of hydrogen-bond donors (Lipinski definition) is 2. The molecule has 2 fully saturated rings. The molecule has 22 heavy (non-hydrogen) atoms. The van der Waals surface area contributed by atoms with Crippen LogP contribution in [0.15, 0.2) is 35.5 Å². The van der Waals surface area contributed by atoms with Crippen molar-refractivity contribution in [2.45, 2.75) is 48.7 Å². The Balaban J connectivity index is 2.04. The molecular weight excluding hydrogens is 409 g/mol. The van der Waals surface area contributed by atoms with Crippen LogP contribution >= 0.6 is 34.4 Å². The predicted octanol–water partition coefficient (Wildman–Crippen LogP) is 3.83. The largest absolute Gasteiger partial charge is 0.392 e. The Bertz CT molecular complexity index is 560. The fourth-order valence-electron chi connectivity index (χ4n) is 3.62. The molecule has 3 rings (SSSR count). The fourth-order valence-corrected chi connectivity index (χ4v) is 5.75.